The maximum atomic E-state index is 11.1. The van der Waals surface area contributed by atoms with Crippen molar-refractivity contribution in [2.45, 2.75) is 6.92 Å². The molecule has 0 unspecified atom stereocenters. The Labute approximate surface area is 173 Å². The van der Waals surface area contributed by atoms with Crippen LogP contribution >= 0.6 is 11.3 Å². The van der Waals surface area contributed by atoms with E-state index >= 15 is 0 Å². The smallest absolute Gasteiger partial charge is 0.221 e. The van der Waals surface area contributed by atoms with Gasteiger partial charge in [-0.25, -0.2) is 4.98 Å². The Morgan fingerprint density at radius 3 is 2.21 bits per heavy atom. The van der Waals surface area contributed by atoms with Gasteiger partial charge in [0.25, 0.3) is 0 Å². The van der Waals surface area contributed by atoms with Gasteiger partial charge in [-0.05, 0) is 48.5 Å². The van der Waals surface area contributed by atoms with E-state index in [2.05, 4.69) is 15.6 Å². The summed E-state index contributed by atoms with van der Waals surface area (Å²) in [4.78, 5) is 15.8. The number of rotatable bonds is 6. The van der Waals surface area contributed by atoms with E-state index < -0.39 is 0 Å². The SMILES string of the molecule is CC(=O)Nc1ccc(-c2csc(Nc3ccc(Oc4ccccc4)cc3)n2)cc1. The Morgan fingerprint density at radius 2 is 1.52 bits per heavy atom. The van der Waals surface area contributed by atoms with Crippen molar-refractivity contribution < 1.29 is 9.53 Å². The number of hydrogen-bond donors (Lipinski definition) is 2. The molecule has 0 fully saturated rings. The molecular formula is C23H19N3O2S. The van der Waals surface area contributed by atoms with Crippen LogP contribution in [0.5, 0.6) is 11.5 Å². The van der Waals surface area contributed by atoms with Gasteiger partial charge in [0.2, 0.25) is 5.91 Å². The van der Waals surface area contributed by atoms with E-state index in [9.17, 15) is 4.79 Å². The highest BCUT2D eigenvalue weighted by molar-refractivity contribution is 7.14. The molecule has 1 heterocycles. The summed E-state index contributed by atoms with van der Waals surface area (Å²) in [5.41, 5.74) is 3.59. The molecule has 4 aromatic rings. The van der Waals surface area contributed by atoms with Crippen LogP contribution in [-0.4, -0.2) is 10.9 Å². The third kappa shape index (κ3) is 5.00. The zero-order chi connectivity index (χ0) is 20.1. The van der Waals surface area contributed by atoms with Crippen molar-refractivity contribution in [2.75, 3.05) is 10.6 Å². The fraction of sp³-hybridized carbons (Fsp3) is 0.0435. The lowest BCUT2D eigenvalue weighted by Crippen LogP contribution is -2.05. The standard InChI is InChI=1S/C23H19N3O2S/c1-16(27)24-18-9-7-17(8-10-18)22-15-29-23(26-22)25-19-11-13-21(14-12-19)28-20-5-3-2-4-6-20/h2-15H,1H3,(H,24,27)(H,25,26). The average Bonchev–Trinajstić information content (AvgIpc) is 3.19. The molecule has 0 atom stereocenters. The van der Waals surface area contributed by atoms with Crippen LogP contribution in [0, 0.1) is 0 Å². The van der Waals surface area contributed by atoms with Crippen LogP contribution in [0.3, 0.4) is 0 Å². The van der Waals surface area contributed by atoms with E-state index in [-0.39, 0.29) is 5.91 Å². The number of carbonyl (C=O) groups excluding carboxylic acids is 1. The van der Waals surface area contributed by atoms with Gasteiger partial charge in [-0.15, -0.1) is 11.3 Å². The molecule has 4 rings (SSSR count). The zero-order valence-electron chi connectivity index (χ0n) is 15.8. The summed E-state index contributed by atoms with van der Waals surface area (Å²) < 4.78 is 5.81. The van der Waals surface area contributed by atoms with Gasteiger partial charge in [-0.3, -0.25) is 4.79 Å². The van der Waals surface area contributed by atoms with E-state index in [4.69, 9.17) is 4.74 Å². The van der Waals surface area contributed by atoms with Crippen LogP contribution in [-0.2, 0) is 4.79 Å². The summed E-state index contributed by atoms with van der Waals surface area (Å²) in [6.45, 7) is 1.49. The topological polar surface area (TPSA) is 63.2 Å². The zero-order valence-corrected chi connectivity index (χ0v) is 16.6. The van der Waals surface area contributed by atoms with Gasteiger partial charge < -0.3 is 15.4 Å². The van der Waals surface area contributed by atoms with Gasteiger partial charge in [-0.2, -0.15) is 0 Å². The quantitative estimate of drug-likeness (QED) is 0.398. The number of thiazole rings is 1. The van der Waals surface area contributed by atoms with Crippen molar-refractivity contribution in [1.29, 1.82) is 0 Å². The predicted molar refractivity (Wildman–Crippen MR) is 118 cm³/mol. The first-order valence-corrected chi connectivity index (χ1v) is 9.97. The van der Waals surface area contributed by atoms with Crippen LogP contribution < -0.4 is 15.4 Å². The van der Waals surface area contributed by atoms with Gasteiger partial charge in [-0.1, -0.05) is 30.3 Å². The van der Waals surface area contributed by atoms with Crippen molar-refractivity contribution in [1.82, 2.24) is 4.98 Å². The lowest BCUT2D eigenvalue weighted by molar-refractivity contribution is -0.114. The van der Waals surface area contributed by atoms with Gasteiger partial charge in [0.05, 0.1) is 5.69 Å². The highest BCUT2D eigenvalue weighted by Crippen LogP contribution is 2.29. The molecule has 3 aromatic carbocycles. The fourth-order valence-electron chi connectivity index (χ4n) is 2.75. The van der Waals surface area contributed by atoms with Crippen LogP contribution in [0.4, 0.5) is 16.5 Å². The maximum Gasteiger partial charge on any atom is 0.221 e. The number of amides is 1. The summed E-state index contributed by atoms with van der Waals surface area (Å²) in [5, 5.41) is 8.89. The molecule has 144 valence electrons. The first kappa shape index (κ1) is 18.7. The molecule has 0 spiro atoms. The normalized spacial score (nSPS) is 10.4. The van der Waals surface area contributed by atoms with E-state index in [1.807, 2.05) is 84.2 Å². The molecule has 0 aliphatic rings. The minimum Gasteiger partial charge on any atom is -0.457 e. The maximum absolute atomic E-state index is 11.1. The minimum absolute atomic E-state index is 0.0851. The van der Waals surface area contributed by atoms with Crippen molar-refractivity contribution in [2.24, 2.45) is 0 Å². The Morgan fingerprint density at radius 1 is 0.862 bits per heavy atom. The molecule has 0 bridgehead atoms. The molecule has 0 radical (unpaired) electrons. The summed E-state index contributed by atoms with van der Waals surface area (Å²) in [7, 11) is 0. The highest BCUT2D eigenvalue weighted by atomic mass is 32.1. The Bertz CT molecular complexity index is 1090. The molecule has 1 amide bonds. The van der Waals surface area contributed by atoms with Gasteiger partial charge in [0.15, 0.2) is 5.13 Å². The fourth-order valence-corrected chi connectivity index (χ4v) is 3.49. The summed E-state index contributed by atoms with van der Waals surface area (Å²) >= 11 is 1.54. The second-order valence-electron chi connectivity index (χ2n) is 6.36. The monoisotopic (exact) mass is 401 g/mol. The third-order valence-corrected chi connectivity index (χ3v) is 4.85. The van der Waals surface area contributed by atoms with Crippen LogP contribution in [0.25, 0.3) is 11.3 Å². The largest absolute Gasteiger partial charge is 0.457 e. The molecule has 0 saturated carbocycles. The van der Waals surface area contributed by atoms with E-state index in [0.29, 0.717) is 0 Å². The number of aromatic nitrogens is 1. The second kappa shape index (κ2) is 8.58. The summed E-state index contributed by atoms with van der Waals surface area (Å²) in [6, 6.07) is 25.1. The molecule has 0 aliphatic carbocycles. The second-order valence-corrected chi connectivity index (χ2v) is 7.22. The Kier molecular flexibility index (Phi) is 5.54. The van der Waals surface area contributed by atoms with Crippen molar-refractivity contribution in [3.05, 3.63) is 84.2 Å². The van der Waals surface area contributed by atoms with Crippen LogP contribution in [0.1, 0.15) is 6.92 Å². The van der Waals surface area contributed by atoms with E-state index in [1.165, 1.54) is 18.3 Å². The van der Waals surface area contributed by atoms with Crippen molar-refractivity contribution in [3.63, 3.8) is 0 Å². The lowest BCUT2D eigenvalue weighted by atomic mass is 10.1. The van der Waals surface area contributed by atoms with Crippen LogP contribution in [0.15, 0.2) is 84.2 Å². The minimum atomic E-state index is -0.0851. The lowest BCUT2D eigenvalue weighted by Gasteiger charge is -2.07. The Hall–Kier alpha value is -3.64. The number of anilines is 3. The first-order chi connectivity index (χ1) is 14.2. The Balaban J connectivity index is 1.40. The number of ether oxygens (including phenoxy) is 1. The van der Waals surface area contributed by atoms with E-state index in [1.54, 1.807) is 0 Å². The predicted octanol–water partition coefficient (Wildman–Crippen LogP) is 6.30. The number of hydrogen-bond acceptors (Lipinski definition) is 5. The number of nitrogens with zero attached hydrogens (tertiary/aromatic N) is 1. The van der Waals surface area contributed by atoms with Gasteiger partial charge in [0.1, 0.15) is 11.5 Å². The molecule has 0 saturated heterocycles. The first-order valence-electron chi connectivity index (χ1n) is 9.09. The number of carbonyl (C=O) groups is 1. The third-order valence-electron chi connectivity index (χ3n) is 4.09. The number of benzene rings is 3. The highest BCUT2D eigenvalue weighted by Gasteiger charge is 2.06. The van der Waals surface area contributed by atoms with Gasteiger partial charge >= 0.3 is 0 Å². The van der Waals surface area contributed by atoms with E-state index in [0.717, 1.165) is 39.3 Å². The number of para-hydroxylation sites is 1. The van der Waals surface area contributed by atoms with Crippen LogP contribution in [0.2, 0.25) is 0 Å². The van der Waals surface area contributed by atoms with Crippen molar-refractivity contribution >= 4 is 33.8 Å². The average molecular weight is 401 g/mol. The molecular weight excluding hydrogens is 382 g/mol. The van der Waals surface area contributed by atoms with Gasteiger partial charge in [0, 0.05) is 29.2 Å². The summed E-state index contributed by atoms with van der Waals surface area (Å²) in [6.07, 6.45) is 0. The van der Waals surface area contributed by atoms with Crippen molar-refractivity contribution in [3.8, 4) is 22.8 Å². The summed E-state index contributed by atoms with van der Waals surface area (Å²) in [5.74, 6) is 1.50. The molecule has 2 N–H and O–H groups in total. The molecule has 6 heteroatoms. The molecule has 1 aromatic heterocycles. The molecule has 5 nitrogen and oxygen atoms in total. The number of nitrogens with one attached hydrogen (secondary N) is 2. The molecule has 0 aliphatic heterocycles. The molecule has 29 heavy (non-hydrogen) atoms.